The molecule has 0 fully saturated rings. The van der Waals surface area contributed by atoms with Crippen LogP contribution < -0.4 is 10.6 Å². The number of halogens is 1. The Labute approximate surface area is 132 Å². The van der Waals surface area contributed by atoms with E-state index < -0.39 is 0 Å². The number of aliphatic hydroxyl groups excluding tert-OH is 1. The summed E-state index contributed by atoms with van der Waals surface area (Å²) >= 11 is 10.9. The van der Waals surface area contributed by atoms with E-state index in [9.17, 15) is 9.90 Å². The van der Waals surface area contributed by atoms with Gasteiger partial charge in [0.05, 0.1) is 6.61 Å². The van der Waals surface area contributed by atoms with Gasteiger partial charge in [0.15, 0.2) is 5.11 Å². The molecule has 2 aromatic rings. The van der Waals surface area contributed by atoms with Crippen LogP contribution in [0.4, 0.5) is 5.69 Å². The standard InChI is InChI=1S/C15H13ClN2O2S/c16-12-6-3-5-10(8-12)14(20)18-15(21)17-13-7-2-1-4-11(13)9-19/h1-8,19H,9H2,(H2,17,18,20,21). The molecule has 3 N–H and O–H groups in total. The minimum atomic E-state index is -0.350. The zero-order valence-corrected chi connectivity index (χ0v) is 12.5. The van der Waals surface area contributed by atoms with Crippen LogP contribution in [0, 0.1) is 0 Å². The van der Waals surface area contributed by atoms with Crippen molar-refractivity contribution in [3.63, 3.8) is 0 Å². The van der Waals surface area contributed by atoms with Crippen LogP contribution in [0.2, 0.25) is 5.02 Å². The summed E-state index contributed by atoms with van der Waals surface area (Å²) in [6.07, 6.45) is 0. The quantitative estimate of drug-likeness (QED) is 0.761. The van der Waals surface area contributed by atoms with Gasteiger partial charge >= 0.3 is 0 Å². The fraction of sp³-hybridized carbons (Fsp3) is 0.0667. The molecule has 0 bridgehead atoms. The molecule has 0 spiro atoms. The average Bonchev–Trinajstić information content (AvgIpc) is 2.47. The molecule has 0 radical (unpaired) electrons. The number of rotatable bonds is 3. The van der Waals surface area contributed by atoms with Crippen LogP contribution in [0.3, 0.4) is 0 Å². The van der Waals surface area contributed by atoms with Crippen molar-refractivity contribution in [2.45, 2.75) is 6.61 Å². The van der Waals surface area contributed by atoms with E-state index in [1.54, 1.807) is 36.4 Å². The first-order valence-corrected chi connectivity index (χ1v) is 6.95. The lowest BCUT2D eigenvalue weighted by Crippen LogP contribution is -2.34. The smallest absolute Gasteiger partial charge is 0.257 e. The summed E-state index contributed by atoms with van der Waals surface area (Å²) in [4.78, 5) is 12.0. The number of carbonyl (C=O) groups is 1. The number of para-hydroxylation sites is 1. The number of benzene rings is 2. The van der Waals surface area contributed by atoms with Crippen molar-refractivity contribution in [1.29, 1.82) is 0 Å². The molecule has 2 rings (SSSR count). The summed E-state index contributed by atoms with van der Waals surface area (Å²) in [7, 11) is 0. The molecule has 0 aliphatic carbocycles. The van der Waals surface area contributed by atoms with Gasteiger partial charge < -0.3 is 10.4 Å². The highest BCUT2D eigenvalue weighted by atomic mass is 35.5. The molecule has 0 saturated carbocycles. The predicted octanol–water partition coefficient (Wildman–Crippen LogP) is 2.96. The van der Waals surface area contributed by atoms with Gasteiger partial charge in [-0.25, -0.2) is 0 Å². The molecule has 0 unspecified atom stereocenters. The van der Waals surface area contributed by atoms with Gasteiger partial charge in [0.2, 0.25) is 0 Å². The largest absolute Gasteiger partial charge is 0.392 e. The van der Waals surface area contributed by atoms with E-state index in [-0.39, 0.29) is 17.6 Å². The third-order valence-corrected chi connectivity index (χ3v) is 3.19. The molecule has 6 heteroatoms. The normalized spacial score (nSPS) is 10.0. The molecule has 1 amide bonds. The average molecular weight is 321 g/mol. The monoisotopic (exact) mass is 320 g/mol. The van der Waals surface area contributed by atoms with E-state index in [2.05, 4.69) is 10.6 Å². The maximum atomic E-state index is 12.0. The minimum Gasteiger partial charge on any atom is -0.392 e. The highest BCUT2D eigenvalue weighted by Crippen LogP contribution is 2.15. The second-order valence-corrected chi connectivity index (χ2v) is 5.08. The maximum Gasteiger partial charge on any atom is 0.257 e. The van der Waals surface area contributed by atoms with Gasteiger partial charge in [-0.15, -0.1) is 0 Å². The van der Waals surface area contributed by atoms with Crippen molar-refractivity contribution in [3.05, 3.63) is 64.7 Å². The molecular formula is C15H13ClN2O2S. The molecule has 0 atom stereocenters. The van der Waals surface area contributed by atoms with Crippen LogP contribution in [0.15, 0.2) is 48.5 Å². The number of nitrogens with one attached hydrogen (secondary N) is 2. The maximum absolute atomic E-state index is 12.0. The van der Waals surface area contributed by atoms with E-state index in [1.807, 2.05) is 12.1 Å². The Bertz CT molecular complexity index is 676. The van der Waals surface area contributed by atoms with Crippen LogP contribution in [0.25, 0.3) is 0 Å². The van der Waals surface area contributed by atoms with Crippen molar-refractivity contribution in [2.75, 3.05) is 5.32 Å². The fourth-order valence-corrected chi connectivity index (χ4v) is 2.13. The molecule has 4 nitrogen and oxygen atoms in total. The molecule has 108 valence electrons. The zero-order chi connectivity index (χ0) is 15.2. The SMILES string of the molecule is O=C(NC(=S)Nc1ccccc1CO)c1cccc(Cl)c1. The predicted molar refractivity (Wildman–Crippen MR) is 87.5 cm³/mol. The number of hydrogen-bond donors (Lipinski definition) is 3. The number of thiocarbonyl (C=S) groups is 1. The fourth-order valence-electron chi connectivity index (χ4n) is 1.74. The van der Waals surface area contributed by atoms with Gasteiger partial charge in [0, 0.05) is 21.8 Å². The number of anilines is 1. The third kappa shape index (κ3) is 4.26. The molecule has 0 heterocycles. The van der Waals surface area contributed by atoms with Crippen molar-refractivity contribution < 1.29 is 9.90 Å². The van der Waals surface area contributed by atoms with Crippen LogP contribution in [0.1, 0.15) is 15.9 Å². The summed E-state index contributed by atoms with van der Waals surface area (Å²) in [6, 6.07) is 13.7. The third-order valence-electron chi connectivity index (χ3n) is 2.75. The minimum absolute atomic E-state index is 0.117. The lowest BCUT2D eigenvalue weighted by molar-refractivity contribution is 0.0977. The summed E-state index contributed by atoms with van der Waals surface area (Å²) in [5.41, 5.74) is 1.76. The summed E-state index contributed by atoms with van der Waals surface area (Å²) in [5, 5.41) is 15.3. The Morgan fingerprint density at radius 1 is 1.19 bits per heavy atom. The van der Waals surface area contributed by atoms with E-state index in [1.165, 1.54) is 0 Å². The highest BCUT2D eigenvalue weighted by Gasteiger charge is 2.09. The zero-order valence-electron chi connectivity index (χ0n) is 11.0. The van der Waals surface area contributed by atoms with Gasteiger partial charge in [0.25, 0.3) is 5.91 Å². The Morgan fingerprint density at radius 3 is 2.67 bits per heavy atom. The van der Waals surface area contributed by atoms with Crippen molar-refractivity contribution in [1.82, 2.24) is 5.32 Å². The molecular weight excluding hydrogens is 308 g/mol. The van der Waals surface area contributed by atoms with Gasteiger partial charge in [-0.05, 0) is 36.5 Å². The van der Waals surface area contributed by atoms with Crippen LogP contribution >= 0.6 is 23.8 Å². The number of aliphatic hydroxyl groups is 1. The van der Waals surface area contributed by atoms with Crippen molar-refractivity contribution >= 4 is 40.5 Å². The first-order valence-electron chi connectivity index (χ1n) is 6.17. The lowest BCUT2D eigenvalue weighted by Gasteiger charge is -2.12. The van der Waals surface area contributed by atoms with Gasteiger partial charge in [-0.3, -0.25) is 10.1 Å². The molecule has 0 aliphatic rings. The topological polar surface area (TPSA) is 61.4 Å². The molecule has 0 aromatic heterocycles. The van der Waals surface area contributed by atoms with Crippen LogP contribution in [-0.2, 0) is 6.61 Å². The Kier molecular flexibility index (Phi) is 5.27. The number of carbonyl (C=O) groups excluding carboxylic acids is 1. The number of amides is 1. The highest BCUT2D eigenvalue weighted by molar-refractivity contribution is 7.80. The summed E-state index contributed by atoms with van der Waals surface area (Å²) in [5.74, 6) is -0.350. The van der Waals surface area contributed by atoms with Crippen molar-refractivity contribution in [2.24, 2.45) is 0 Å². The second-order valence-electron chi connectivity index (χ2n) is 4.23. The van der Waals surface area contributed by atoms with E-state index >= 15 is 0 Å². The molecule has 0 saturated heterocycles. The van der Waals surface area contributed by atoms with E-state index in [0.29, 0.717) is 21.8 Å². The van der Waals surface area contributed by atoms with Gasteiger partial charge in [-0.2, -0.15) is 0 Å². The van der Waals surface area contributed by atoms with Crippen LogP contribution in [-0.4, -0.2) is 16.1 Å². The van der Waals surface area contributed by atoms with E-state index in [0.717, 1.165) is 0 Å². The first-order chi connectivity index (χ1) is 10.1. The van der Waals surface area contributed by atoms with Gasteiger partial charge in [0.1, 0.15) is 0 Å². The van der Waals surface area contributed by atoms with E-state index in [4.69, 9.17) is 23.8 Å². The molecule has 2 aromatic carbocycles. The Morgan fingerprint density at radius 2 is 1.95 bits per heavy atom. The Hall–Kier alpha value is -1.95. The first kappa shape index (κ1) is 15.4. The lowest BCUT2D eigenvalue weighted by atomic mass is 10.2. The summed E-state index contributed by atoms with van der Waals surface area (Å²) in [6.45, 7) is -0.117. The van der Waals surface area contributed by atoms with Crippen molar-refractivity contribution in [3.8, 4) is 0 Å². The summed E-state index contributed by atoms with van der Waals surface area (Å²) < 4.78 is 0. The number of hydrogen-bond acceptors (Lipinski definition) is 3. The van der Waals surface area contributed by atoms with Gasteiger partial charge in [-0.1, -0.05) is 35.9 Å². The second kappa shape index (κ2) is 7.17. The molecule has 21 heavy (non-hydrogen) atoms. The van der Waals surface area contributed by atoms with Crippen LogP contribution in [0.5, 0.6) is 0 Å². The molecule has 0 aliphatic heterocycles. The Balaban J connectivity index is 2.03.